The van der Waals surface area contributed by atoms with Crippen molar-refractivity contribution in [3.05, 3.63) is 42.2 Å². The summed E-state index contributed by atoms with van der Waals surface area (Å²) >= 11 is 0. The van der Waals surface area contributed by atoms with Gasteiger partial charge in [-0.05, 0) is 44.7 Å². The minimum absolute atomic E-state index is 0.769. The molecular formula is C16H25N5. The maximum absolute atomic E-state index is 4.48. The average molecular weight is 287 g/mol. The second-order valence-electron chi connectivity index (χ2n) is 5.02. The summed E-state index contributed by atoms with van der Waals surface area (Å²) in [6, 6.07) is 9.97. The Bertz CT molecular complexity index is 504. The van der Waals surface area contributed by atoms with Gasteiger partial charge in [0.05, 0.1) is 17.6 Å². The monoisotopic (exact) mass is 287 g/mol. The fraction of sp³-hybridized carbons (Fsp3) is 0.500. The maximum Gasteiger partial charge on any atom is 0.0969 e. The van der Waals surface area contributed by atoms with Crippen LogP contribution >= 0.6 is 0 Å². The van der Waals surface area contributed by atoms with E-state index in [4.69, 9.17) is 0 Å². The van der Waals surface area contributed by atoms with Crippen LogP contribution in [0.4, 0.5) is 0 Å². The Balaban J connectivity index is 1.71. The number of para-hydroxylation sites is 1. The first-order valence-corrected chi connectivity index (χ1v) is 7.73. The summed E-state index contributed by atoms with van der Waals surface area (Å²) in [6.07, 6.45) is 2.99. The molecular weight excluding hydrogens is 262 g/mol. The molecule has 114 valence electrons. The lowest BCUT2D eigenvalue weighted by molar-refractivity contribution is 0.298. The first kappa shape index (κ1) is 15.7. The van der Waals surface area contributed by atoms with Gasteiger partial charge in [-0.25, -0.2) is 0 Å². The minimum atomic E-state index is 0.769. The Morgan fingerprint density at radius 3 is 2.62 bits per heavy atom. The molecule has 2 rings (SSSR count). The molecule has 1 aromatic heterocycles. The van der Waals surface area contributed by atoms with Crippen molar-refractivity contribution in [1.29, 1.82) is 0 Å². The van der Waals surface area contributed by atoms with Gasteiger partial charge in [0, 0.05) is 6.54 Å². The van der Waals surface area contributed by atoms with Gasteiger partial charge >= 0.3 is 0 Å². The highest BCUT2D eigenvalue weighted by Crippen LogP contribution is 2.03. The highest BCUT2D eigenvalue weighted by Gasteiger charge is 2.02. The van der Waals surface area contributed by atoms with Gasteiger partial charge in [0.25, 0.3) is 0 Å². The summed E-state index contributed by atoms with van der Waals surface area (Å²) in [6.45, 7) is 9.60. The van der Waals surface area contributed by atoms with E-state index in [1.165, 1.54) is 0 Å². The smallest absolute Gasteiger partial charge is 0.0969 e. The van der Waals surface area contributed by atoms with Gasteiger partial charge in [0.1, 0.15) is 0 Å². The molecule has 0 saturated carbocycles. The molecule has 0 unspecified atom stereocenters. The summed E-state index contributed by atoms with van der Waals surface area (Å²) in [7, 11) is 0. The molecule has 5 nitrogen and oxygen atoms in total. The first-order chi connectivity index (χ1) is 10.3. The van der Waals surface area contributed by atoms with E-state index in [1.807, 2.05) is 36.5 Å². The third-order valence-corrected chi connectivity index (χ3v) is 3.55. The van der Waals surface area contributed by atoms with E-state index in [0.717, 1.165) is 50.5 Å². The molecule has 0 radical (unpaired) electrons. The van der Waals surface area contributed by atoms with E-state index >= 15 is 0 Å². The minimum Gasteiger partial charge on any atom is -0.311 e. The Kier molecular flexibility index (Phi) is 6.37. The third kappa shape index (κ3) is 4.95. The SMILES string of the molecule is CCN(CC)CCCNCc1cnn(-c2ccccc2)n1. The number of rotatable bonds is 9. The molecule has 1 N–H and O–H groups in total. The highest BCUT2D eigenvalue weighted by molar-refractivity contribution is 5.28. The lowest BCUT2D eigenvalue weighted by Crippen LogP contribution is -2.27. The normalized spacial score (nSPS) is 11.2. The summed E-state index contributed by atoms with van der Waals surface area (Å²) < 4.78 is 0. The van der Waals surface area contributed by atoms with Crippen LogP contribution < -0.4 is 5.32 Å². The van der Waals surface area contributed by atoms with Gasteiger partial charge in [0.15, 0.2) is 0 Å². The average Bonchev–Trinajstić information content (AvgIpc) is 3.01. The van der Waals surface area contributed by atoms with E-state index < -0.39 is 0 Å². The molecule has 0 aliphatic carbocycles. The van der Waals surface area contributed by atoms with Crippen molar-refractivity contribution in [2.75, 3.05) is 26.2 Å². The fourth-order valence-electron chi connectivity index (χ4n) is 2.25. The van der Waals surface area contributed by atoms with E-state index in [9.17, 15) is 0 Å². The molecule has 2 aromatic rings. The second-order valence-corrected chi connectivity index (χ2v) is 5.02. The van der Waals surface area contributed by atoms with Gasteiger partial charge in [0.2, 0.25) is 0 Å². The number of nitrogens with zero attached hydrogens (tertiary/aromatic N) is 4. The molecule has 5 heteroatoms. The Hall–Kier alpha value is -1.72. The molecule has 1 heterocycles. The zero-order chi connectivity index (χ0) is 14.9. The van der Waals surface area contributed by atoms with Crippen molar-refractivity contribution in [2.24, 2.45) is 0 Å². The second kappa shape index (κ2) is 8.54. The van der Waals surface area contributed by atoms with Crippen LogP contribution in [0.15, 0.2) is 36.5 Å². The van der Waals surface area contributed by atoms with Gasteiger partial charge < -0.3 is 10.2 Å². The number of hydrogen-bond donors (Lipinski definition) is 1. The van der Waals surface area contributed by atoms with E-state index in [1.54, 1.807) is 4.80 Å². The topological polar surface area (TPSA) is 46.0 Å². The zero-order valence-corrected chi connectivity index (χ0v) is 13.0. The quantitative estimate of drug-likeness (QED) is 0.717. The van der Waals surface area contributed by atoms with E-state index in [0.29, 0.717) is 0 Å². The standard InChI is InChI=1S/C16H25N5/c1-3-20(4-2)12-8-11-17-13-15-14-18-21(19-15)16-9-6-5-7-10-16/h5-7,9-10,14,17H,3-4,8,11-13H2,1-2H3. The Morgan fingerprint density at radius 2 is 1.90 bits per heavy atom. The van der Waals surface area contributed by atoms with Crippen LogP contribution in [0.3, 0.4) is 0 Å². The van der Waals surface area contributed by atoms with E-state index in [-0.39, 0.29) is 0 Å². The van der Waals surface area contributed by atoms with Crippen LogP contribution in [-0.4, -0.2) is 46.1 Å². The molecule has 0 amide bonds. The number of benzene rings is 1. The van der Waals surface area contributed by atoms with Crippen molar-refractivity contribution in [2.45, 2.75) is 26.8 Å². The zero-order valence-electron chi connectivity index (χ0n) is 13.0. The van der Waals surface area contributed by atoms with E-state index in [2.05, 4.69) is 34.3 Å². The summed E-state index contributed by atoms with van der Waals surface area (Å²) in [4.78, 5) is 4.11. The Morgan fingerprint density at radius 1 is 1.14 bits per heavy atom. The molecule has 1 aromatic carbocycles. The summed E-state index contributed by atoms with van der Waals surface area (Å²) in [5.41, 5.74) is 1.96. The molecule has 0 fully saturated rings. The van der Waals surface area contributed by atoms with Crippen LogP contribution in [0.1, 0.15) is 26.0 Å². The molecule has 0 spiro atoms. The van der Waals surface area contributed by atoms with Gasteiger partial charge in [-0.15, -0.1) is 0 Å². The highest BCUT2D eigenvalue weighted by atomic mass is 15.5. The van der Waals surface area contributed by atoms with Gasteiger partial charge in [-0.2, -0.15) is 15.0 Å². The summed E-state index contributed by atoms with van der Waals surface area (Å²) in [5, 5.41) is 12.2. The molecule has 0 bridgehead atoms. The molecule has 0 aliphatic heterocycles. The van der Waals surface area contributed by atoms with Crippen LogP contribution in [0, 0.1) is 0 Å². The Labute approximate surface area is 127 Å². The van der Waals surface area contributed by atoms with Crippen LogP contribution in [0.2, 0.25) is 0 Å². The van der Waals surface area contributed by atoms with Crippen LogP contribution in [0.5, 0.6) is 0 Å². The predicted molar refractivity (Wildman–Crippen MR) is 85.5 cm³/mol. The van der Waals surface area contributed by atoms with Crippen molar-refractivity contribution in [1.82, 2.24) is 25.2 Å². The van der Waals surface area contributed by atoms with Crippen LogP contribution in [0.25, 0.3) is 5.69 Å². The number of aromatic nitrogens is 3. The maximum atomic E-state index is 4.48. The molecule has 0 atom stereocenters. The van der Waals surface area contributed by atoms with Crippen molar-refractivity contribution >= 4 is 0 Å². The van der Waals surface area contributed by atoms with Crippen molar-refractivity contribution in [3.8, 4) is 5.69 Å². The number of hydrogen-bond acceptors (Lipinski definition) is 4. The van der Waals surface area contributed by atoms with Gasteiger partial charge in [-0.3, -0.25) is 0 Å². The van der Waals surface area contributed by atoms with Gasteiger partial charge in [-0.1, -0.05) is 32.0 Å². The molecule has 21 heavy (non-hydrogen) atoms. The molecule has 0 saturated heterocycles. The number of nitrogens with one attached hydrogen (secondary N) is 1. The third-order valence-electron chi connectivity index (χ3n) is 3.55. The van der Waals surface area contributed by atoms with Crippen LogP contribution in [-0.2, 0) is 6.54 Å². The first-order valence-electron chi connectivity index (χ1n) is 7.73. The van der Waals surface area contributed by atoms with Crippen molar-refractivity contribution < 1.29 is 0 Å². The fourth-order valence-corrected chi connectivity index (χ4v) is 2.25. The molecule has 0 aliphatic rings. The van der Waals surface area contributed by atoms with Crippen molar-refractivity contribution in [3.63, 3.8) is 0 Å². The summed E-state index contributed by atoms with van der Waals surface area (Å²) in [5.74, 6) is 0. The lowest BCUT2D eigenvalue weighted by atomic mass is 10.3. The predicted octanol–water partition coefficient (Wildman–Crippen LogP) is 2.09. The largest absolute Gasteiger partial charge is 0.311 e. The lowest BCUT2D eigenvalue weighted by Gasteiger charge is -2.17.